The van der Waals surface area contributed by atoms with E-state index in [2.05, 4.69) is 24.0 Å². The molecular weight excluding hydrogens is 266 g/mol. The van der Waals surface area contributed by atoms with Crippen molar-refractivity contribution in [2.24, 2.45) is 10.9 Å². The van der Waals surface area contributed by atoms with Crippen molar-refractivity contribution in [2.75, 3.05) is 0 Å². The first-order chi connectivity index (χ1) is 10.2. The van der Waals surface area contributed by atoms with Gasteiger partial charge in [0.2, 0.25) is 5.88 Å². The molecule has 0 bridgehead atoms. The second-order valence-corrected chi connectivity index (χ2v) is 4.82. The SMILES string of the molecule is CCC(C)c1ccc(Oc2ncccc2/C(N)=N/O)cc1. The van der Waals surface area contributed by atoms with Crippen LogP contribution in [0.15, 0.2) is 47.8 Å². The summed E-state index contributed by atoms with van der Waals surface area (Å²) < 4.78 is 5.72. The Labute approximate surface area is 124 Å². The molecule has 0 aliphatic rings. The number of hydrogen-bond donors (Lipinski definition) is 2. The predicted octanol–water partition coefficient (Wildman–Crippen LogP) is 3.48. The van der Waals surface area contributed by atoms with Crippen molar-refractivity contribution in [3.8, 4) is 11.6 Å². The van der Waals surface area contributed by atoms with E-state index in [4.69, 9.17) is 15.7 Å². The van der Waals surface area contributed by atoms with Gasteiger partial charge in [-0.2, -0.15) is 0 Å². The molecule has 0 saturated heterocycles. The van der Waals surface area contributed by atoms with Gasteiger partial charge in [-0.15, -0.1) is 0 Å². The number of benzene rings is 1. The number of oxime groups is 1. The highest BCUT2D eigenvalue weighted by molar-refractivity contribution is 5.99. The van der Waals surface area contributed by atoms with Gasteiger partial charge >= 0.3 is 0 Å². The zero-order valence-electron chi connectivity index (χ0n) is 12.2. The average Bonchev–Trinajstić information content (AvgIpc) is 2.54. The predicted molar refractivity (Wildman–Crippen MR) is 82.0 cm³/mol. The highest BCUT2D eigenvalue weighted by atomic mass is 16.5. The molecule has 2 aromatic rings. The van der Waals surface area contributed by atoms with E-state index in [0.29, 0.717) is 23.1 Å². The molecule has 2 rings (SSSR count). The summed E-state index contributed by atoms with van der Waals surface area (Å²) in [6.07, 6.45) is 2.69. The third kappa shape index (κ3) is 3.51. The number of ether oxygens (including phenoxy) is 1. The zero-order chi connectivity index (χ0) is 15.2. The normalized spacial score (nSPS) is 13.0. The van der Waals surface area contributed by atoms with E-state index in [1.54, 1.807) is 18.3 Å². The number of nitrogens with zero attached hydrogens (tertiary/aromatic N) is 2. The molecule has 1 heterocycles. The van der Waals surface area contributed by atoms with Crippen molar-refractivity contribution in [2.45, 2.75) is 26.2 Å². The van der Waals surface area contributed by atoms with Crippen LogP contribution in [0.2, 0.25) is 0 Å². The molecule has 0 amide bonds. The number of aromatic nitrogens is 1. The molecule has 0 aliphatic heterocycles. The second kappa shape index (κ2) is 6.74. The third-order valence-corrected chi connectivity index (χ3v) is 3.43. The van der Waals surface area contributed by atoms with Crippen LogP contribution in [0.25, 0.3) is 0 Å². The molecule has 0 aliphatic carbocycles. The maximum absolute atomic E-state index is 8.78. The lowest BCUT2D eigenvalue weighted by atomic mass is 9.99. The summed E-state index contributed by atoms with van der Waals surface area (Å²) in [5.41, 5.74) is 7.33. The third-order valence-electron chi connectivity index (χ3n) is 3.43. The van der Waals surface area contributed by atoms with E-state index >= 15 is 0 Å². The van der Waals surface area contributed by atoms with Gasteiger partial charge in [0.15, 0.2) is 5.84 Å². The summed E-state index contributed by atoms with van der Waals surface area (Å²) in [5, 5.41) is 11.8. The topological polar surface area (TPSA) is 80.7 Å². The fourth-order valence-electron chi connectivity index (χ4n) is 1.93. The van der Waals surface area contributed by atoms with Crippen LogP contribution in [0.3, 0.4) is 0 Å². The fourth-order valence-corrected chi connectivity index (χ4v) is 1.93. The smallest absolute Gasteiger partial charge is 0.230 e. The lowest BCUT2D eigenvalue weighted by Crippen LogP contribution is -2.14. The number of nitrogens with two attached hydrogens (primary N) is 1. The van der Waals surface area contributed by atoms with Gasteiger partial charge in [0.1, 0.15) is 5.75 Å². The summed E-state index contributed by atoms with van der Waals surface area (Å²) in [6, 6.07) is 11.3. The standard InChI is InChI=1S/C16H19N3O2/c1-3-11(2)12-6-8-13(9-7-12)21-16-14(15(17)19-20)5-4-10-18-16/h4-11,20H,3H2,1-2H3,(H2,17,19). The molecule has 21 heavy (non-hydrogen) atoms. The van der Waals surface area contributed by atoms with Crippen LogP contribution >= 0.6 is 0 Å². The van der Waals surface area contributed by atoms with Crippen LogP contribution in [-0.4, -0.2) is 16.0 Å². The second-order valence-electron chi connectivity index (χ2n) is 4.82. The van der Waals surface area contributed by atoms with E-state index in [1.807, 2.05) is 24.3 Å². The van der Waals surface area contributed by atoms with E-state index in [9.17, 15) is 0 Å². The fraction of sp³-hybridized carbons (Fsp3) is 0.250. The van der Waals surface area contributed by atoms with Gasteiger partial charge in [-0.25, -0.2) is 4.98 Å². The maximum atomic E-state index is 8.78. The molecule has 1 aromatic carbocycles. The van der Waals surface area contributed by atoms with Crippen molar-refractivity contribution in [3.63, 3.8) is 0 Å². The van der Waals surface area contributed by atoms with Gasteiger partial charge in [0.05, 0.1) is 5.56 Å². The molecule has 5 nitrogen and oxygen atoms in total. The monoisotopic (exact) mass is 285 g/mol. The molecule has 0 fully saturated rings. The van der Waals surface area contributed by atoms with Crippen molar-refractivity contribution in [1.29, 1.82) is 0 Å². The molecule has 1 atom stereocenters. The van der Waals surface area contributed by atoms with Gasteiger partial charge in [-0.3, -0.25) is 0 Å². The summed E-state index contributed by atoms with van der Waals surface area (Å²) >= 11 is 0. The summed E-state index contributed by atoms with van der Waals surface area (Å²) in [4.78, 5) is 4.12. The summed E-state index contributed by atoms with van der Waals surface area (Å²) in [7, 11) is 0. The quantitative estimate of drug-likeness (QED) is 0.381. The molecular formula is C16H19N3O2. The Morgan fingerprint density at radius 3 is 2.67 bits per heavy atom. The molecule has 1 unspecified atom stereocenters. The molecule has 1 aromatic heterocycles. The first kappa shape index (κ1) is 14.8. The van der Waals surface area contributed by atoms with E-state index < -0.39 is 0 Å². The Bertz CT molecular complexity index is 624. The minimum absolute atomic E-state index is 0.0330. The van der Waals surface area contributed by atoms with Crippen molar-refractivity contribution in [1.82, 2.24) is 4.98 Å². The molecule has 0 spiro atoms. The first-order valence-electron chi connectivity index (χ1n) is 6.86. The van der Waals surface area contributed by atoms with Crippen LogP contribution in [0.4, 0.5) is 0 Å². The van der Waals surface area contributed by atoms with Crippen LogP contribution in [0.5, 0.6) is 11.6 Å². The lowest BCUT2D eigenvalue weighted by Gasteiger charge is -2.11. The van der Waals surface area contributed by atoms with Gasteiger partial charge in [0, 0.05) is 6.20 Å². The van der Waals surface area contributed by atoms with Crippen LogP contribution < -0.4 is 10.5 Å². The first-order valence-corrected chi connectivity index (χ1v) is 6.86. The van der Waals surface area contributed by atoms with Crippen LogP contribution in [-0.2, 0) is 0 Å². The van der Waals surface area contributed by atoms with Crippen molar-refractivity contribution < 1.29 is 9.94 Å². The van der Waals surface area contributed by atoms with Gasteiger partial charge in [-0.05, 0) is 42.2 Å². The van der Waals surface area contributed by atoms with Gasteiger partial charge in [0.25, 0.3) is 0 Å². The average molecular weight is 285 g/mol. The molecule has 0 saturated carbocycles. The number of rotatable bonds is 5. The molecule has 0 radical (unpaired) electrons. The Morgan fingerprint density at radius 2 is 2.05 bits per heavy atom. The largest absolute Gasteiger partial charge is 0.438 e. The Hall–Kier alpha value is -2.56. The number of amidine groups is 1. The number of pyridine rings is 1. The summed E-state index contributed by atoms with van der Waals surface area (Å²) in [6.45, 7) is 4.34. The molecule has 110 valence electrons. The lowest BCUT2D eigenvalue weighted by molar-refractivity contribution is 0.318. The molecule has 3 N–H and O–H groups in total. The minimum Gasteiger partial charge on any atom is -0.438 e. The maximum Gasteiger partial charge on any atom is 0.230 e. The zero-order valence-corrected chi connectivity index (χ0v) is 12.2. The van der Waals surface area contributed by atoms with Crippen molar-refractivity contribution >= 4 is 5.84 Å². The van der Waals surface area contributed by atoms with E-state index in [0.717, 1.165) is 6.42 Å². The minimum atomic E-state index is -0.0330. The van der Waals surface area contributed by atoms with Crippen LogP contribution in [0, 0.1) is 0 Å². The number of hydrogen-bond acceptors (Lipinski definition) is 4. The summed E-state index contributed by atoms with van der Waals surface area (Å²) in [5.74, 6) is 1.45. The van der Waals surface area contributed by atoms with Crippen molar-refractivity contribution in [3.05, 3.63) is 53.7 Å². The van der Waals surface area contributed by atoms with E-state index in [1.165, 1.54) is 5.56 Å². The Balaban J connectivity index is 2.23. The molecule has 5 heteroatoms. The van der Waals surface area contributed by atoms with Gasteiger partial charge in [-0.1, -0.05) is 31.1 Å². The highest BCUT2D eigenvalue weighted by Gasteiger charge is 2.10. The van der Waals surface area contributed by atoms with E-state index in [-0.39, 0.29) is 5.84 Å². The van der Waals surface area contributed by atoms with Crippen LogP contribution in [0.1, 0.15) is 37.3 Å². The highest BCUT2D eigenvalue weighted by Crippen LogP contribution is 2.26. The Morgan fingerprint density at radius 1 is 1.33 bits per heavy atom. The Kier molecular flexibility index (Phi) is 4.77. The van der Waals surface area contributed by atoms with Gasteiger partial charge < -0.3 is 15.7 Å².